The molecule has 3 nitrogen and oxygen atoms in total. The van der Waals surface area contributed by atoms with Gasteiger partial charge in [0.15, 0.2) is 0 Å². The van der Waals surface area contributed by atoms with Crippen molar-refractivity contribution < 1.29 is 12.8 Å². The molecule has 2 aromatic rings. The number of hydrogen-bond donors (Lipinski definition) is 1. The molecule has 25 heavy (non-hydrogen) atoms. The van der Waals surface area contributed by atoms with Gasteiger partial charge in [-0.3, -0.25) is 4.72 Å². The van der Waals surface area contributed by atoms with Crippen molar-refractivity contribution in [1.29, 1.82) is 0 Å². The van der Waals surface area contributed by atoms with Gasteiger partial charge in [-0.1, -0.05) is 39.0 Å². The predicted molar refractivity (Wildman–Crippen MR) is 101 cm³/mol. The third-order valence-electron chi connectivity index (χ3n) is 4.14. The second kappa shape index (κ2) is 6.79. The van der Waals surface area contributed by atoms with Gasteiger partial charge in [0.1, 0.15) is 6.67 Å². The highest BCUT2D eigenvalue weighted by atomic mass is 32.2. The van der Waals surface area contributed by atoms with Gasteiger partial charge >= 0.3 is 0 Å². The standard InChI is InChI=1S/C20H26FNO2S/c1-13-7-16(12-21)11-18(8-13)22-25(23,24)19-14(2)9-17(10-15(19)3)20(4,5)6/h7-11,22H,12H2,1-6H3. The Hall–Kier alpha value is -1.88. The molecule has 0 saturated heterocycles. The third-order valence-corrected chi connectivity index (χ3v) is 5.82. The summed E-state index contributed by atoms with van der Waals surface area (Å²) in [5.41, 5.74) is 4.09. The van der Waals surface area contributed by atoms with Crippen molar-refractivity contribution in [2.24, 2.45) is 0 Å². The van der Waals surface area contributed by atoms with Crippen LogP contribution >= 0.6 is 0 Å². The molecule has 1 N–H and O–H groups in total. The fourth-order valence-corrected chi connectivity index (χ4v) is 4.51. The van der Waals surface area contributed by atoms with Crippen molar-refractivity contribution in [2.75, 3.05) is 4.72 Å². The molecule has 0 atom stereocenters. The van der Waals surface area contributed by atoms with Crippen molar-refractivity contribution in [3.05, 3.63) is 58.1 Å². The summed E-state index contributed by atoms with van der Waals surface area (Å²) >= 11 is 0. The molecular weight excluding hydrogens is 337 g/mol. The van der Waals surface area contributed by atoms with E-state index in [2.05, 4.69) is 25.5 Å². The molecule has 0 heterocycles. The van der Waals surface area contributed by atoms with Gasteiger partial charge in [0.05, 0.1) is 4.90 Å². The van der Waals surface area contributed by atoms with Crippen LogP contribution in [0.25, 0.3) is 0 Å². The number of hydrogen-bond acceptors (Lipinski definition) is 2. The van der Waals surface area contributed by atoms with Gasteiger partial charge in [0.25, 0.3) is 10.0 Å². The lowest BCUT2D eigenvalue weighted by Crippen LogP contribution is -2.18. The molecule has 136 valence electrons. The Balaban J connectivity index is 2.49. The number of aryl methyl sites for hydroxylation is 3. The van der Waals surface area contributed by atoms with Gasteiger partial charge in [-0.05, 0) is 66.1 Å². The van der Waals surface area contributed by atoms with Crippen LogP contribution in [-0.2, 0) is 22.1 Å². The molecule has 0 aliphatic heterocycles. The van der Waals surface area contributed by atoms with Crippen molar-refractivity contribution >= 4 is 15.7 Å². The summed E-state index contributed by atoms with van der Waals surface area (Å²) in [6.45, 7) is 11.1. The maximum Gasteiger partial charge on any atom is 0.262 e. The van der Waals surface area contributed by atoms with Crippen LogP contribution in [0.4, 0.5) is 10.1 Å². The monoisotopic (exact) mass is 363 g/mol. The van der Waals surface area contributed by atoms with Crippen LogP contribution in [0.3, 0.4) is 0 Å². The highest BCUT2D eigenvalue weighted by Gasteiger charge is 2.23. The topological polar surface area (TPSA) is 46.2 Å². The van der Waals surface area contributed by atoms with Gasteiger partial charge in [-0.25, -0.2) is 12.8 Å². The molecule has 0 unspecified atom stereocenters. The Bertz CT molecular complexity index is 873. The molecule has 0 spiro atoms. The van der Waals surface area contributed by atoms with Crippen LogP contribution in [0.15, 0.2) is 35.2 Å². The number of halogens is 1. The molecule has 2 aromatic carbocycles. The van der Waals surface area contributed by atoms with Gasteiger partial charge in [-0.2, -0.15) is 0 Å². The zero-order valence-corrected chi connectivity index (χ0v) is 16.5. The Kier molecular flexibility index (Phi) is 5.28. The summed E-state index contributed by atoms with van der Waals surface area (Å²) in [4.78, 5) is 0.281. The van der Waals surface area contributed by atoms with E-state index in [-0.39, 0.29) is 10.3 Å². The quantitative estimate of drug-likeness (QED) is 0.813. The summed E-state index contributed by atoms with van der Waals surface area (Å²) in [5, 5.41) is 0. The molecule has 0 aliphatic carbocycles. The molecule has 0 aliphatic rings. The number of anilines is 1. The Morgan fingerprint density at radius 3 is 2.00 bits per heavy atom. The van der Waals surface area contributed by atoms with E-state index in [1.807, 2.05) is 19.1 Å². The second-order valence-electron chi connectivity index (χ2n) is 7.64. The van der Waals surface area contributed by atoms with E-state index in [4.69, 9.17) is 0 Å². The van der Waals surface area contributed by atoms with Crippen LogP contribution in [-0.4, -0.2) is 8.42 Å². The first-order valence-electron chi connectivity index (χ1n) is 8.25. The minimum absolute atomic E-state index is 0.0577. The summed E-state index contributed by atoms with van der Waals surface area (Å²) in [6.07, 6.45) is 0. The summed E-state index contributed by atoms with van der Waals surface area (Å²) in [6, 6.07) is 8.77. The lowest BCUT2D eigenvalue weighted by molar-refractivity contribution is 0.485. The Morgan fingerprint density at radius 1 is 0.960 bits per heavy atom. The first kappa shape index (κ1) is 19.4. The van der Waals surface area contributed by atoms with E-state index < -0.39 is 16.7 Å². The van der Waals surface area contributed by atoms with E-state index in [0.717, 1.165) is 11.1 Å². The highest BCUT2D eigenvalue weighted by Crippen LogP contribution is 2.30. The van der Waals surface area contributed by atoms with Crippen LogP contribution in [0.1, 0.15) is 48.6 Å². The zero-order chi connectivity index (χ0) is 19.0. The fraction of sp³-hybridized carbons (Fsp3) is 0.400. The van der Waals surface area contributed by atoms with Gasteiger partial charge in [-0.15, -0.1) is 0 Å². The molecule has 0 radical (unpaired) electrons. The maximum atomic E-state index is 12.9. The number of alkyl halides is 1. The molecule has 0 amide bonds. The molecule has 0 saturated carbocycles. The van der Waals surface area contributed by atoms with Gasteiger partial charge < -0.3 is 0 Å². The highest BCUT2D eigenvalue weighted by molar-refractivity contribution is 7.92. The summed E-state index contributed by atoms with van der Waals surface area (Å²) < 4.78 is 41.4. The number of sulfonamides is 1. The van der Waals surface area contributed by atoms with Crippen molar-refractivity contribution in [3.8, 4) is 0 Å². The zero-order valence-electron chi connectivity index (χ0n) is 15.7. The molecule has 0 bridgehead atoms. The fourth-order valence-electron chi connectivity index (χ4n) is 3.01. The smallest absolute Gasteiger partial charge is 0.262 e. The Labute approximate surface area is 150 Å². The maximum absolute atomic E-state index is 12.9. The SMILES string of the molecule is Cc1cc(CF)cc(NS(=O)(=O)c2c(C)cc(C(C)(C)C)cc2C)c1. The first-order valence-corrected chi connectivity index (χ1v) is 9.73. The normalized spacial score (nSPS) is 12.3. The number of nitrogens with one attached hydrogen (secondary N) is 1. The lowest BCUT2D eigenvalue weighted by atomic mass is 9.85. The Morgan fingerprint density at radius 2 is 1.52 bits per heavy atom. The van der Waals surface area contributed by atoms with Gasteiger partial charge in [0.2, 0.25) is 0 Å². The van der Waals surface area contributed by atoms with E-state index in [0.29, 0.717) is 22.4 Å². The van der Waals surface area contributed by atoms with E-state index >= 15 is 0 Å². The summed E-state index contributed by atoms with van der Waals surface area (Å²) in [7, 11) is -3.75. The average Bonchev–Trinajstić information content (AvgIpc) is 2.43. The first-order chi connectivity index (χ1) is 11.4. The number of benzene rings is 2. The third kappa shape index (κ3) is 4.40. The molecule has 5 heteroatoms. The van der Waals surface area contributed by atoms with Crippen LogP contribution in [0, 0.1) is 20.8 Å². The number of rotatable bonds is 4. The van der Waals surface area contributed by atoms with Crippen molar-refractivity contribution in [2.45, 2.75) is 58.5 Å². The minimum Gasteiger partial charge on any atom is -0.280 e. The lowest BCUT2D eigenvalue weighted by Gasteiger charge is -2.22. The van der Waals surface area contributed by atoms with E-state index in [1.165, 1.54) is 6.07 Å². The van der Waals surface area contributed by atoms with Crippen LogP contribution < -0.4 is 4.72 Å². The van der Waals surface area contributed by atoms with Crippen molar-refractivity contribution in [3.63, 3.8) is 0 Å². The second-order valence-corrected chi connectivity index (χ2v) is 9.25. The van der Waals surface area contributed by atoms with Crippen molar-refractivity contribution in [1.82, 2.24) is 0 Å². The average molecular weight is 363 g/mol. The largest absolute Gasteiger partial charge is 0.280 e. The van der Waals surface area contributed by atoms with Crippen LogP contribution in [0.5, 0.6) is 0 Å². The van der Waals surface area contributed by atoms with Gasteiger partial charge in [0, 0.05) is 5.69 Å². The molecule has 0 fully saturated rings. The van der Waals surface area contributed by atoms with E-state index in [1.54, 1.807) is 26.0 Å². The van der Waals surface area contributed by atoms with E-state index in [9.17, 15) is 12.8 Å². The van der Waals surface area contributed by atoms with Crippen LogP contribution in [0.2, 0.25) is 0 Å². The summed E-state index contributed by atoms with van der Waals surface area (Å²) in [5.74, 6) is 0. The predicted octanol–water partition coefficient (Wildman–Crippen LogP) is 5.18. The molecular formula is C20H26FNO2S. The molecule has 0 aromatic heterocycles. The molecule has 2 rings (SSSR count). The minimum atomic E-state index is -3.75.